The van der Waals surface area contributed by atoms with Crippen LogP contribution < -0.4 is 15.2 Å². The van der Waals surface area contributed by atoms with Gasteiger partial charge in [-0.2, -0.15) is 0 Å². The van der Waals surface area contributed by atoms with Crippen molar-refractivity contribution in [2.45, 2.75) is 11.4 Å². The zero-order valence-corrected chi connectivity index (χ0v) is 14.9. The summed E-state index contributed by atoms with van der Waals surface area (Å²) in [5.41, 5.74) is 7.36. The highest BCUT2D eigenvalue weighted by atomic mass is 32.2. The molecule has 2 aromatic carbocycles. The number of hydrogen-bond acceptors (Lipinski definition) is 5. The van der Waals surface area contributed by atoms with E-state index in [1.165, 1.54) is 11.8 Å². The minimum atomic E-state index is 0.0617. The average molecular weight is 346 g/mol. The lowest BCUT2D eigenvalue weighted by atomic mass is 10.2. The lowest BCUT2D eigenvalue weighted by Gasteiger charge is -2.18. The molecule has 6 heteroatoms. The van der Waals surface area contributed by atoms with E-state index in [1.54, 1.807) is 26.2 Å². The van der Waals surface area contributed by atoms with Crippen molar-refractivity contribution in [2.75, 3.05) is 32.8 Å². The molecule has 0 aromatic heterocycles. The molecule has 0 atom stereocenters. The molecular weight excluding hydrogens is 324 g/mol. The van der Waals surface area contributed by atoms with Crippen molar-refractivity contribution in [1.29, 1.82) is 0 Å². The Morgan fingerprint density at radius 3 is 2.38 bits per heavy atom. The first-order chi connectivity index (χ1) is 11.5. The Labute approximate surface area is 146 Å². The van der Waals surface area contributed by atoms with Crippen LogP contribution in [0.25, 0.3) is 0 Å². The fraction of sp³-hybridized carbons (Fsp3) is 0.278. The monoisotopic (exact) mass is 346 g/mol. The smallest absolute Gasteiger partial charge is 0.232 e. The Kier molecular flexibility index (Phi) is 6.37. The summed E-state index contributed by atoms with van der Waals surface area (Å²) in [6.45, 7) is 0.515. The summed E-state index contributed by atoms with van der Waals surface area (Å²) < 4.78 is 10.5. The molecule has 0 spiro atoms. The van der Waals surface area contributed by atoms with E-state index in [1.807, 2.05) is 42.5 Å². The van der Waals surface area contributed by atoms with Crippen LogP contribution in [-0.4, -0.2) is 37.8 Å². The number of anilines is 1. The Morgan fingerprint density at radius 2 is 1.75 bits per heavy atom. The molecule has 0 radical (unpaired) electrons. The van der Waals surface area contributed by atoms with Gasteiger partial charge >= 0.3 is 0 Å². The quantitative estimate of drug-likeness (QED) is 0.617. The highest BCUT2D eigenvalue weighted by Crippen LogP contribution is 2.28. The largest absolute Gasteiger partial charge is 0.493 e. The fourth-order valence-electron chi connectivity index (χ4n) is 2.16. The van der Waals surface area contributed by atoms with E-state index in [2.05, 4.69) is 0 Å². The average Bonchev–Trinajstić information content (AvgIpc) is 2.60. The molecule has 0 unspecified atom stereocenters. The Hall–Kier alpha value is -2.34. The summed E-state index contributed by atoms with van der Waals surface area (Å²) >= 11 is 1.50. The number of methoxy groups -OCH3 is 2. The predicted molar refractivity (Wildman–Crippen MR) is 97.6 cm³/mol. The third-order valence-corrected chi connectivity index (χ3v) is 4.53. The SMILES string of the molecule is COc1ccc(CN(C)C(=O)CSc2ccc(N)cc2)cc1OC. The molecule has 0 aliphatic heterocycles. The lowest BCUT2D eigenvalue weighted by Crippen LogP contribution is -2.27. The van der Waals surface area contributed by atoms with Gasteiger partial charge in [-0.05, 0) is 42.0 Å². The summed E-state index contributed by atoms with van der Waals surface area (Å²) in [4.78, 5) is 15.0. The van der Waals surface area contributed by atoms with Crippen LogP contribution in [0.2, 0.25) is 0 Å². The van der Waals surface area contributed by atoms with Gasteiger partial charge in [-0.25, -0.2) is 0 Å². The van der Waals surface area contributed by atoms with Gasteiger partial charge in [-0.3, -0.25) is 4.79 Å². The van der Waals surface area contributed by atoms with Crippen molar-refractivity contribution in [1.82, 2.24) is 4.90 Å². The van der Waals surface area contributed by atoms with Crippen LogP contribution in [0.15, 0.2) is 47.4 Å². The number of nitrogen functional groups attached to an aromatic ring is 1. The van der Waals surface area contributed by atoms with E-state index in [0.29, 0.717) is 23.8 Å². The normalized spacial score (nSPS) is 10.3. The molecule has 5 nitrogen and oxygen atoms in total. The molecule has 0 bridgehead atoms. The van der Waals surface area contributed by atoms with Crippen molar-refractivity contribution in [3.63, 3.8) is 0 Å². The predicted octanol–water partition coefficient (Wildman–Crippen LogP) is 3.04. The van der Waals surface area contributed by atoms with Gasteiger partial charge in [-0.1, -0.05) is 6.07 Å². The second-order valence-corrected chi connectivity index (χ2v) is 6.35. The Balaban J connectivity index is 1.92. The van der Waals surface area contributed by atoms with Crippen LogP contribution in [-0.2, 0) is 11.3 Å². The first-order valence-electron chi connectivity index (χ1n) is 7.46. The highest BCUT2D eigenvalue weighted by molar-refractivity contribution is 8.00. The maximum absolute atomic E-state index is 12.3. The number of rotatable bonds is 7. The number of thioether (sulfide) groups is 1. The number of amides is 1. The zero-order valence-electron chi connectivity index (χ0n) is 14.1. The standard InChI is InChI=1S/C18H22N2O3S/c1-20(11-13-4-9-16(22-2)17(10-13)23-3)18(21)12-24-15-7-5-14(19)6-8-15/h4-10H,11-12,19H2,1-3H3. The van der Waals surface area contributed by atoms with Gasteiger partial charge in [0, 0.05) is 24.2 Å². The lowest BCUT2D eigenvalue weighted by molar-refractivity contribution is -0.127. The second kappa shape index (κ2) is 8.49. The summed E-state index contributed by atoms with van der Waals surface area (Å²) in [5.74, 6) is 1.78. The van der Waals surface area contributed by atoms with Crippen LogP contribution >= 0.6 is 11.8 Å². The van der Waals surface area contributed by atoms with Crippen LogP contribution in [0.3, 0.4) is 0 Å². The van der Waals surface area contributed by atoms with Gasteiger partial charge in [0.25, 0.3) is 0 Å². The van der Waals surface area contributed by atoms with Crippen LogP contribution in [0, 0.1) is 0 Å². The molecule has 1 amide bonds. The van der Waals surface area contributed by atoms with Crippen molar-refractivity contribution < 1.29 is 14.3 Å². The van der Waals surface area contributed by atoms with Crippen molar-refractivity contribution in [3.8, 4) is 11.5 Å². The summed E-state index contributed by atoms with van der Waals surface area (Å²) in [5, 5.41) is 0. The highest BCUT2D eigenvalue weighted by Gasteiger charge is 2.12. The molecule has 2 rings (SSSR count). The van der Waals surface area contributed by atoms with Crippen LogP contribution in [0.5, 0.6) is 11.5 Å². The molecule has 0 fully saturated rings. The number of carbonyl (C=O) groups is 1. The van der Waals surface area contributed by atoms with Crippen molar-refractivity contribution >= 4 is 23.4 Å². The van der Waals surface area contributed by atoms with Crippen molar-refractivity contribution in [2.24, 2.45) is 0 Å². The number of benzene rings is 2. The van der Waals surface area contributed by atoms with Gasteiger partial charge in [0.15, 0.2) is 11.5 Å². The molecule has 24 heavy (non-hydrogen) atoms. The molecule has 2 aromatic rings. The van der Waals surface area contributed by atoms with Gasteiger partial charge < -0.3 is 20.1 Å². The number of nitrogens with zero attached hydrogens (tertiary/aromatic N) is 1. The molecule has 0 saturated heterocycles. The van der Waals surface area contributed by atoms with Crippen LogP contribution in [0.1, 0.15) is 5.56 Å². The summed E-state index contributed by atoms with van der Waals surface area (Å²) in [6, 6.07) is 13.2. The maximum atomic E-state index is 12.3. The van der Waals surface area contributed by atoms with E-state index in [9.17, 15) is 4.79 Å². The molecule has 2 N–H and O–H groups in total. The third-order valence-electron chi connectivity index (χ3n) is 3.54. The van der Waals surface area contributed by atoms with Gasteiger partial charge in [-0.15, -0.1) is 11.8 Å². The molecule has 0 saturated carbocycles. The van der Waals surface area contributed by atoms with Gasteiger partial charge in [0.1, 0.15) is 0 Å². The molecule has 0 aliphatic carbocycles. The zero-order chi connectivity index (χ0) is 17.5. The number of carbonyl (C=O) groups excluding carboxylic acids is 1. The van der Waals surface area contributed by atoms with Gasteiger partial charge in [0.05, 0.1) is 20.0 Å². The van der Waals surface area contributed by atoms with E-state index in [0.717, 1.165) is 16.1 Å². The van der Waals surface area contributed by atoms with E-state index in [4.69, 9.17) is 15.2 Å². The van der Waals surface area contributed by atoms with E-state index in [-0.39, 0.29) is 5.91 Å². The molecule has 0 heterocycles. The minimum Gasteiger partial charge on any atom is -0.493 e. The van der Waals surface area contributed by atoms with E-state index < -0.39 is 0 Å². The van der Waals surface area contributed by atoms with E-state index >= 15 is 0 Å². The topological polar surface area (TPSA) is 64.8 Å². The first kappa shape index (κ1) is 18.0. The number of nitrogens with two attached hydrogens (primary N) is 1. The summed E-state index contributed by atoms with van der Waals surface area (Å²) in [7, 11) is 4.99. The molecule has 128 valence electrons. The first-order valence-corrected chi connectivity index (χ1v) is 8.45. The Morgan fingerprint density at radius 1 is 1.08 bits per heavy atom. The molecular formula is C18H22N2O3S. The maximum Gasteiger partial charge on any atom is 0.232 e. The summed E-state index contributed by atoms with van der Waals surface area (Å²) in [6.07, 6.45) is 0. The number of hydrogen-bond donors (Lipinski definition) is 1. The third kappa shape index (κ3) is 4.83. The van der Waals surface area contributed by atoms with Crippen molar-refractivity contribution in [3.05, 3.63) is 48.0 Å². The molecule has 0 aliphatic rings. The fourth-order valence-corrected chi connectivity index (χ4v) is 3.00. The minimum absolute atomic E-state index is 0.0617. The number of ether oxygens (including phenoxy) is 2. The van der Waals surface area contributed by atoms with Gasteiger partial charge in [0.2, 0.25) is 5.91 Å². The second-order valence-electron chi connectivity index (χ2n) is 5.30. The van der Waals surface area contributed by atoms with Crippen LogP contribution in [0.4, 0.5) is 5.69 Å². The Bertz CT molecular complexity index is 689.